The van der Waals surface area contributed by atoms with Crippen LogP contribution in [0.5, 0.6) is 0 Å². The largest absolute Gasteiger partial charge is 0.379 e. The lowest BCUT2D eigenvalue weighted by atomic mass is 9.89. The molecule has 1 unspecified atom stereocenters. The molecule has 1 aromatic heterocycles. The number of halogens is 2. The van der Waals surface area contributed by atoms with Crippen LogP contribution in [-0.2, 0) is 4.74 Å². The average Bonchev–Trinajstić information content (AvgIpc) is 3.08. The summed E-state index contributed by atoms with van der Waals surface area (Å²) in [5.41, 5.74) is 0.876. The van der Waals surface area contributed by atoms with Gasteiger partial charge in [0.2, 0.25) is 0 Å². The zero-order valence-electron chi connectivity index (χ0n) is 14.4. The Kier molecular flexibility index (Phi) is 4.95. The summed E-state index contributed by atoms with van der Waals surface area (Å²) < 4.78 is 7.35. The molecule has 5 nitrogen and oxygen atoms in total. The summed E-state index contributed by atoms with van der Waals surface area (Å²) >= 11 is 12.3. The molecule has 1 aromatic carbocycles. The number of hydrogen-bond acceptors (Lipinski definition) is 4. The van der Waals surface area contributed by atoms with E-state index in [1.54, 1.807) is 30.5 Å². The van der Waals surface area contributed by atoms with E-state index in [4.69, 9.17) is 27.9 Å². The SMILES string of the molecule is O=c1c(Cl)c(NC2CCOC3(CCCC3)C2)cnn1-c1ccc(Cl)cc1. The van der Waals surface area contributed by atoms with Crippen molar-refractivity contribution in [2.45, 2.75) is 50.2 Å². The maximum atomic E-state index is 12.6. The van der Waals surface area contributed by atoms with E-state index in [2.05, 4.69) is 10.4 Å². The molecule has 0 bridgehead atoms. The summed E-state index contributed by atoms with van der Waals surface area (Å²) in [4.78, 5) is 12.6. The van der Waals surface area contributed by atoms with Gasteiger partial charge in [-0.3, -0.25) is 4.79 Å². The van der Waals surface area contributed by atoms with E-state index in [9.17, 15) is 4.79 Å². The fourth-order valence-electron chi connectivity index (χ4n) is 4.04. The van der Waals surface area contributed by atoms with Crippen molar-refractivity contribution in [3.63, 3.8) is 0 Å². The van der Waals surface area contributed by atoms with Crippen molar-refractivity contribution < 1.29 is 4.74 Å². The molecule has 2 heterocycles. The first-order valence-corrected chi connectivity index (χ1v) is 9.76. The van der Waals surface area contributed by atoms with Crippen LogP contribution in [0.15, 0.2) is 35.3 Å². The Hall–Kier alpha value is -1.56. The van der Waals surface area contributed by atoms with Gasteiger partial charge < -0.3 is 10.1 Å². The summed E-state index contributed by atoms with van der Waals surface area (Å²) in [6, 6.07) is 7.15. The Morgan fingerprint density at radius 1 is 1.19 bits per heavy atom. The Bertz CT molecular complexity index is 845. The predicted octanol–water partition coefficient (Wildman–Crippen LogP) is 4.44. The molecule has 1 saturated heterocycles. The van der Waals surface area contributed by atoms with E-state index in [1.807, 2.05) is 0 Å². The fraction of sp³-hybridized carbons (Fsp3) is 0.474. The Balaban J connectivity index is 1.55. The van der Waals surface area contributed by atoms with Gasteiger partial charge >= 0.3 is 0 Å². The number of anilines is 1. The first-order chi connectivity index (χ1) is 12.6. The molecule has 138 valence electrons. The third-order valence-electron chi connectivity index (χ3n) is 5.36. The number of nitrogens with zero attached hydrogens (tertiary/aromatic N) is 2. The molecule has 4 rings (SSSR count). The molecule has 0 amide bonds. The van der Waals surface area contributed by atoms with Gasteiger partial charge in [-0.1, -0.05) is 36.0 Å². The van der Waals surface area contributed by atoms with Gasteiger partial charge in [-0.25, -0.2) is 0 Å². The van der Waals surface area contributed by atoms with E-state index in [0.29, 0.717) is 16.4 Å². The van der Waals surface area contributed by atoms with Crippen molar-refractivity contribution in [2.75, 3.05) is 11.9 Å². The molecule has 0 radical (unpaired) electrons. The van der Waals surface area contributed by atoms with Crippen molar-refractivity contribution in [1.82, 2.24) is 9.78 Å². The molecule has 1 saturated carbocycles. The molecule has 2 aromatic rings. The molecule has 1 aliphatic carbocycles. The predicted molar refractivity (Wildman–Crippen MR) is 104 cm³/mol. The van der Waals surface area contributed by atoms with Crippen LogP contribution in [0.4, 0.5) is 5.69 Å². The van der Waals surface area contributed by atoms with Crippen molar-refractivity contribution in [3.8, 4) is 5.69 Å². The lowest BCUT2D eigenvalue weighted by Gasteiger charge is -2.39. The quantitative estimate of drug-likeness (QED) is 0.836. The van der Waals surface area contributed by atoms with Crippen LogP contribution in [-0.4, -0.2) is 28.0 Å². The van der Waals surface area contributed by atoms with E-state index in [0.717, 1.165) is 32.3 Å². The van der Waals surface area contributed by atoms with Gasteiger partial charge in [0, 0.05) is 17.7 Å². The van der Waals surface area contributed by atoms with Gasteiger partial charge in [-0.15, -0.1) is 0 Å². The first kappa shape index (κ1) is 17.8. The molecule has 1 aliphatic heterocycles. The molecule has 26 heavy (non-hydrogen) atoms. The highest BCUT2D eigenvalue weighted by molar-refractivity contribution is 6.33. The first-order valence-electron chi connectivity index (χ1n) is 9.01. The van der Waals surface area contributed by atoms with Crippen LogP contribution in [0, 0.1) is 0 Å². The Morgan fingerprint density at radius 3 is 2.65 bits per heavy atom. The van der Waals surface area contributed by atoms with Crippen molar-refractivity contribution in [2.24, 2.45) is 0 Å². The van der Waals surface area contributed by atoms with E-state index < -0.39 is 0 Å². The zero-order chi connectivity index (χ0) is 18.1. The maximum absolute atomic E-state index is 12.6. The van der Waals surface area contributed by atoms with Gasteiger partial charge in [0.05, 0.1) is 23.2 Å². The second kappa shape index (κ2) is 7.22. The minimum Gasteiger partial charge on any atom is -0.379 e. The number of rotatable bonds is 3. The van der Waals surface area contributed by atoms with Crippen LogP contribution in [0.1, 0.15) is 38.5 Å². The normalized spacial score (nSPS) is 21.8. The number of benzene rings is 1. The molecular weight excluding hydrogens is 373 g/mol. The van der Waals surface area contributed by atoms with Crippen LogP contribution in [0.25, 0.3) is 5.69 Å². The number of hydrogen-bond donors (Lipinski definition) is 1. The van der Waals surface area contributed by atoms with Crippen LogP contribution in [0.2, 0.25) is 10.0 Å². The minimum absolute atomic E-state index is 0.00805. The third kappa shape index (κ3) is 3.48. The topological polar surface area (TPSA) is 56.1 Å². The second-order valence-electron chi connectivity index (χ2n) is 7.14. The molecule has 1 spiro atoms. The van der Waals surface area contributed by atoms with Gasteiger partial charge in [0.25, 0.3) is 5.56 Å². The molecular formula is C19H21Cl2N3O2. The Morgan fingerprint density at radius 2 is 1.92 bits per heavy atom. The maximum Gasteiger partial charge on any atom is 0.292 e. The Labute approximate surface area is 162 Å². The fourth-order valence-corrected chi connectivity index (χ4v) is 4.35. The second-order valence-corrected chi connectivity index (χ2v) is 7.95. The van der Waals surface area contributed by atoms with E-state index >= 15 is 0 Å². The van der Waals surface area contributed by atoms with Gasteiger partial charge in [0.15, 0.2) is 0 Å². The minimum atomic E-state index is -0.346. The summed E-state index contributed by atoms with van der Waals surface area (Å²) in [5, 5.41) is 8.45. The third-order valence-corrected chi connectivity index (χ3v) is 5.97. The summed E-state index contributed by atoms with van der Waals surface area (Å²) in [6.07, 6.45) is 8.17. The van der Waals surface area contributed by atoms with Crippen molar-refractivity contribution in [1.29, 1.82) is 0 Å². The highest BCUT2D eigenvalue weighted by Crippen LogP contribution is 2.40. The van der Waals surface area contributed by atoms with Gasteiger partial charge in [-0.05, 0) is 49.9 Å². The van der Waals surface area contributed by atoms with Crippen LogP contribution < -0.4 is 10.9 Å². The zero-order valence-corrected chi connectivity index (χ0v) is 15.9. The molecule has 1 atom stereocenters. The highest BCUT2D eigenvalue weighted by atomic mass is 35.5. The highest BCUT2D eigenvalue weighted by Gasteiger charge is 2.40. The molecule has 1 N–H and O–H groups in total. The van der Waals surface area contributed by atoms with Crippen molar-refractivity contribution in [3.05, 3.63) is 50.9 Å². The smallest absolute Gasteiger partial charge is 0.292 e. The van der Waals surface area contributed by atoms with E-state index in [-0.39, 0.29) is 22.2 Å². The lowest BCUT2D eigenvalue weighted by Crippen LogP contribution is -2.42. The van der Waals surface area contributed by atoms with E-state index in [1.165, 1.54) is 17.5 Å². The number of ether oxygens (including phenoxy) is 1. The van der Waals surface area contributed by atoms with Gasteiger partial charge in [0.1, 0.15) is 5.02 Å². The lowest BCUT2D eigenvalue weighted by molar-refractivity contribution is -0.0767. The average molecular weight is 394 g/mol. The number of aromatic nitrogens is 2. The standard InChI is InChI=1S/C19H21Cl2N3O2/c20-13-3-5-15(6-4-13)24-18(25)17(21)16(12-22-24)23-14-7-10-26-19(11-14)8-1-2-9-19/h3-6,12,14,23H,1-2,7-11H2. The van der Waals surface area contributed by atoms with Gasteiger partial charge in [-0.2, -0.15) is 9.78 Å². The van der Waals surface area contributed by atoms with Crippen LogP contribution >= 0.6 is 23.2 Å². The summed E-state index contributed by atoms with van der Waals surface area (Å²) in [5.74, 6) is 0. The van der Waals surface area contributed by atoms with Crippen molar-refractivity contribution >= 4 is 28.9 Å². The monoisotopic (exact) mass is 393 g/mol. The molecule has 2 fully saturated rings. The summed E-state index contributed by atoms with van der Waals surface area (Å²) in [7, 11) is 0. The molecule has 2 aliphatic rings. The van der Waals surface area contributed by atoms with Crippen LogP contribution in [0.3, 0.4) is 0 Å². The number of nitrogens with one attached hydrogen (secondary N) is 1. The summed E-state index contributed by atoms with van der Waals surface area (Å²) in [6.45, 7) is 0.741. The molecule has 7 heteroatoms.